The van der Waals surface area contributed by atoms with Gasteiger partial charge in [-0.15, -0.1) is 25.3 Å². The second kappa shape index (κ2) is 5.54. The van der Waals surface area contributed by atoms with Gasteiger partial charge < -0.3 is 8.83 Å². The van der Waals surface area contributed by atoms with Crippen molar-refractivity contribution in [2.24, 2.45) is 0 Å². The van der Waals surface area contributed by atoms with Crippen molar-refractivity contribution in [3.63, 3.8) is 0 Å². The molecule has 0 spiro atoms. The van der Waals surface area contributed by atoms with Gasteiger partial charge in [-0.1, -0.05) is 12.2 Å². The van der Waals surface area contributed by atoms with E-state index in [2.05, 4.69) is 35.2 Å². The zero-order valence-electron chi connectivity index (χ0n) is 12.9. The number of hydrogen-bond acceptors (Lipinski definition) is 6. The van der Waals surface area contributed by atoms with Crippen molar-refractivity contribution in [2.45, 2.75) is 16.2 Å². The fraction of sp³-hybridized carbons (Fsp3) is 0.0526. The molecule has 0 aliphatic heterocycles. The Kier molecular flexibility index (Phi) is 3.29. The van der Waals surface area contributed by atoms with E-state index in [1.807, 2.05) is 48.6 Å². The number of nitrogens with zero attached hydrogens (tertiary/aromatic N) is 2. The van der Waals surface area contributed by atoms with Crippen LogP contribution < -0.4 is 0 Å². The number of hydrogen-bond donors (Lipinski definition) is 2. The monoisotopic (exact) mass is 364 g/mol. The van der Waals surface area contributed by atoms with Crippen LogP contribution in [0.4, 0.5) is 0 Å². The maximum Gasteiger partial charge on any atom is 0.223 e. The van der Waals surface area contributed by atoms with E-state index in [4.69, 9.17) is 8.83 Å². The SMILES string of the molecule is Sc1ccc2oc(C3=CC=C(c4nc5ccc(S)cc5o4)C3)nc2c1. The van der Waals surface area contributed by atoms with Crippen molar-refractivity contribution < 1.29 is 8.83 Å². The predicted octanol–water partition coefficient (Wildman–Crippen LogP) is 5.42. The molecular formula is C19H12N2O2S2. The number of fused-ring (bicyclic) bond motifs is 2. The van der Waals surface area contributed by atoms with E-state index in [1.165, 1.54) is 0 Å². The molecule has 4 nitrogen and oxygen atoms in total. The zero-order valence-corrected chi connectivity index (χ0v) is 14.7. The first kappa shape index (κ1) is 14.9. The molecule has 0 unspecified atom stereocenters. The van der Waals surface area contributed by atoms with Crippen LogP contribution in [-0.2, 0) is 0 Å². The molecule has 0 saturated carbocycles. The molecule has 4 aromatic rings. The summed E-state index contributed by atoms with van der Waals surface area (Å²) in [4.78, 5) is 10.8. The smallest absolute Gasteiger partial charge is 0.223 e. The van der Waals surface area contributed by atoms with E-state index in [1.54, 1.807) is 0 Å². The van der Waals surface area contributed by atoms with Crippen LogP contribution in [-0.4, -0.2) is 9.97 Å². The number of aromatic nitrogens is 2. The van der Waals surface area contributed by atoms with Gasteiger partial charge in [0.05, 0.1) is 0 Å². The molecule has 6 heteroatoms. The van der Waals surface area contributed by atoms with Gasteiger partial charge in [-0.25, -0.2) is 9.97 Å². The summed E-state index contributed by atoms with van der Waals surface area (Å²) in [7, 11) is 0. The largest absolute Gasteiger partial charge is 0.436 e. The fourth-order valence-corrected chi connectivity index (χ4v) is 3.31. The fourth-order valence-electron chi connectivity index (χ4n) is 2.92. The molecular weight excluding hydrogens is 352 g/mol. The van der Waals surface area contributed by atoms with Gasteiger partial charge in [-0.05, 0) is 36.4 Å². The molecule has 2 aromatic heterocycles. The number of oxazole rings is 2. The number of allylic oxidation sites excluding steroid dienone is 4. The Balaban J connectivity index is 1.45. The van der Waals surface area contributed by atoms with Crippen LogP contribution in [0.1, 0.15) is 18.2 Å². The average molecular weight is 364 g/mol. The molecule has 0 N–H and O–H groups in total. The van der Waals surface area contributed by atoms with Crippen LogP contribution in [0.2, 0.25) is 0 Å². The topological polar surface area (TPSA) is 52.1 Å². The summed E-state index contributed by atoms with van der Waals surface area (Å²) in [6, 6.07) is 11.3. The molecule has 0 atom stereocenters. The maximum absolute atomic E-state index is 5.87. The van der Waals surface area contributed by atoms with Crippen molar-refractivity contribution in [1.82, 2.24) is 9.97 Å². The van der Waals surface area contributed by atoms with Crippen molar-refractivity contribution >= 4 is 58.6 Å². The summed E-state index contributed by atoms with van der Waals surface area (Å²) in [5.41, 5.74) is 5.13. The average Bonchev–Trinajstić information content (AvgIpc) is 3.30. The first-order valence-corrected chi connectivity index (χ1v) is 8.65. The quantitative estimate of drug-likeness (QED) is 0.467. The van der Waals surface area contributed by atoms with Crippen molar-refractivity contribution in [1.29, 1.82) is 0 Å². The molecule has 0 bridgehead atoms. The van der Waals surface area contributed by atoms with Crippen LogP contribution >= 0.6 is 25.3 Å². The second-order valence-corrected chi connectivity index (χ2v) is 6.94. The highest BCUT2D eigenvalue weighted by Gasteiger charge is 2.20. The maximum atomic E-state index is 5.87. The van der Waals surface area contributed by atoms with Crippen LogP contribution in [0.3, 0.4) is 0 Å². The molecule has 0 radical (unpaired) electrons. The van der Waals surface area contributed by atoms with Crippen molar-refractivity contribution in [3.8, 4) is 0 Å². The molecule has 1 aliphatic rings. The third-order valence-electron chi connectivity index (χ3n) is 4.16. The number of thiol groups is 2. The lowest BCUT2D eigenvalue weighted by Gasteiger charge is -1.97. The summed E-state index contributed by atoms with van der Waals surface area (Å²) in [5.74, 6) is 1.24. The highest BCUT2D eigenvalue weighted by atomic mass is 32.1. The summed E-state index contributed by atoms with van der Waals surface area (Å²) >= 11 is 8.67. The third kappa shape index (κ3) is 2.58. The second-order valence-electron chi connectivity index (χ2n) is 5.90. The van der Waals surface area contributed by atoms with Crippen LogP contribution in [0.5, 0.6) is 0 Å². The Labute approximate surface area is 154 Å². The van der Waals surface area contributed by atoms with E-state index >= 15 is 0 Å². The lowest BCUT2D eigenvalue weighted by atomic mass is 10.1. The first-order valence-electron chi connectivity index (χ1n) is 7.75. The van der Waals surface area contributed by atoms with Crippen LogP contribution in [0.25, 0.3) is 33.3 Å². The number of benzene rings is 2. The van der Waals surface area contributed by atoms with Gasteiger partial charge in [-0.3, -0.25) is 0 Å². The molecule has 0 amide bonds. The van der Waals surface area contributed by atoms with Gasteiger partial charge in [0.2, 0.25) is 11.8 Å². The Morgan fingerprint density at radius 2 is 1.36 bits per heavy atom. The third-order valence-corrected chi connectivity index (χ3v) is 4.72. The van der Waals surface area contributed by atoms with E-state index < -0.39 is 0 Å². The van der Waals surface area contributed by atoms with E-state index in [-0.39, 0.29) is 0 Å². The van der Waals surface area contributed by atoms with Crippen LogP contribution in [0, 0.1) is 0 Å². The van der Waals surface area contributed by atoms with Gasteiger partial charge in [0, 0.05) is 27.4 Å². The molecule has 1 aliphatic carbocycles. The van der Waals surface area contributed by atoms with Gasteiger partial charge >= 0.3 is 0 Å². The summed E-state index contributed by atoms with van der Waals surface area (Å²) in [6.45, 7) is 0. The molecule has 2 heterocycles. The normalized spacial score (nSPS) is 14.3. The molecule has 0 fully saturated rings. The van der Waals surface area contributed by atoms with Gasteiger partial charge in [-0.2, -0.15) is 0 Å². The summed E-state index contributed by atoms with van der Waals surface area (Å²) < 4.78 is 11.7. The predicted molar refractivity (Wildman–Crippen MR) is 103 cm³/mol. The minimum atomic E-state index is 0.619. The highest BCUT2D eigenvalue weighted by molar-refractivity contribution is 7.80. The van der Waals surface area contributed by atoms with Gasteiger partial charge in [0.1, 0.15) is 11.0 Å². The van der Waals surface area contributed by atoms with E-state index in [0.29, 0.717) is 18.2 Å². The molecule has 5 rings (SSSR count). The van der Waals surface area contributed by atoms with Crippen molar-refractivity contribution in [3.05, 3.63) is 60.3 Å². The first-order chi connectivity index (χ1) is 12.2. The standard InChI is InChI=1S/C19H12N2O2S2/c24-12-4-6-16-15(8-12)21-19(22-16)11-2-1-10(7-11)18-20-14-5-3-13(25)9-17(14)23-18/h1-6,8-9,24-25H,7H2. The molecule has 25 heavy (non-hydrogen) atoms. The summed E-state index contributed by atoms with van der Waals surface area (Å²) in [5, 5.41) is 0. The van der Waals surface area contributed by atoms with E-state index in [0.717, 1.165) is 43.1 Å². The lowest BCUT2D eigenvalue weighted by molar-refractivity contribution is 0.577. The molecule has 0 saturated heterocycles. The highest BCUT2D eigenvalue weighted by Crippen LogP contribution is 2.35. The lowest BCUT2D eigenvalue weighted by Crippen LogP contribution is -1.85. The zero-order chi connectivity index (χ0) is 17.0. The Morgan fingerprint density at radius 1 is 0.720 bits per heavy atom. The van der Waals surface area contributed by atoms with Crippen LogP contribution in [0.15, 0.2) is 67.2 Å². The summed E-state index contributed by atoms with van der Waals surface area (Å²) in [6.07, 6.45) is 4.67. The number of rotatable bonds is 2. The Bertz CT molecular complexity index is 1110. The van der Waals surface area contributed by atoms with Crippen molar-refractivity contribution in [2.75, 3.05) is 0 Å². The minimum absolute atomic E-state index is 0.619. The molecule has 122 valence electrons. The molecule has 2 aromatic carbocycles. The van der Waals surface area contributed by atoms with E-state index in [9.17, 15) is 0 Å². The van der Waals surface area contributed by atoms with Gasteiger partial charge in [0.15, 0.2) is 11.2 Å². The Morgan fingerprint density at radius 3 is 2.16 bits per heavy atom. The minimum Gasteiger partial charge on any atom is -0.436 e. The van der Waals surface area contributed by atoms with Gasteiger partial charge in [0.25, 0.3) is 0 Å². The Hall–Kier alpha value is -2.44.